The molecule has 5 nitrogen and oxygen atoms in total. The van der Waals surface area contributed by atoms with E-state index >= 15 is 0 Å². The molecular weight excluding hydrogens is 346 g/mol. The van der Waals surface area contributed by atoms with Gasteiger partial charge in [0, 0.05) is 17.4 Å². The fourth-order valence-corrected chi connectivity index (χ4v) is 4.93. The highest BCUT2D eigenvalue weighted by atomic mass is 15.3. The second-order valence-corrected chi connectivity index (χ2v) is 10.6. The van der Waals surface area contributed by atoms with Crippen LogP contribution in [0, 0.1) is 22.7 Å². The average Bonchev–Trinajstić information content (AvgIpc) is 2.69. The first-order valence-corrected chi connectivity index (χ1v) is 10.5. The number of benzene rings is 1. The third-order valence-electron chi connectivity index (χ3n) is 6.66. The first-order valence-electron chi connectivity index (χ1n) is 10.5. The minimum atomic E-state index is 0.209. The Morgan fingerprint density at radius 2 is 1.64 bits per heavy atom. The molecule has 0 saturated heterocycles. The van der Waals surface area contributed by atoms with Crippen molar-refractivity contribution in [2.75, 3.05) is 10.2 Å². The van der Waals surface area contributed by atoms with Crippen molar-refractivity contribution in [3.8, 4) is 0 Å². The van der Waals surface area contributed by atoms with E-state index in [-0.39, 0.29) is 5.41 Å². The van der Waals surface area contributed by atoms with Crippen LogP contribution in [0.1, 0.15) is 60.8 Å². The summed E-state index contributed by atoms with van der Waals surface area (Å²) in [5.41, 5.74) is 2.72. The molecule has 150 valence electrons. The summed E-state index contributed by atoms with van der Waals surface area (Å²) in [5.74, 6) is 2.65. The molecule has 1 aliphatic carbocycles. The molecule has 28 heavy (non-hydrogen) atoms. The lowest BCUT2D eigenvalue weighted by atomic mass is 9.61. The van der Waals surface area contributed by atoms with Gasteiger partial charge in [0.2, 0.25) is 11.9 Å². The van der Waals surface area contributed by atoms with Crippen LogP contribution in [0.4, 0.5) is 23.3 Å². The van der Waals surface area contributed by atoms with Crippen LogP contribution in [0.2, 0.25) is 0 Å². The van der Waals surface area contributed by atoms with Crippen LogP contribution in [0.15, 0.2) is 30.6 Å². The first-order chi connectivity index (χ1) is 13.1. The van der Waals surface area contributed by atoms with Crippen molar-refractivity contribution >= 4 is 23.3 Å². The summed E-state index contributed by atoms with van der Waals surface area (Å²) in [5, 5.41) is 3.28. The minimum absolute atomic E-state index is 0.209. The Hall–Kier alpha value is -2.17. The van der Waals surface area contributed by atoms with Gasteiger partial charge in [-0.15, -0.1) is 0 Å². The third kappa shape index (κ3) is 3.59. The monoisotopic (exact) mass is 379 g/mol. The molecule has 5 heteroatoms. The number of rotatable bonds is 1. The summed E-state index contributed by atoms with van der Waals surface area (Å²) in [6, 6.07) is 8.94. The van der Waals surface area contributed by atoms with Crippen molar-refractivity contribution in [1.82, 2.24) is 15.0 Å². The maximum absolute atomic E-state index is 4.74. The first kappa shape index (κ1) is 19.2. The Morgan fingerprint density at radius 1 is 0.929 bits per heavy atom. The second kappa shape index (κ2) is 6.71. The van der Waals surface area contributed by atoms with E-state index in [4.69, 9.17) is 4.98 Å². The van der Waals surface area contributed by atoms with E-state index in [1.54, 1.807) is 6.33 Å². The number of hydrogen-bond acceptors (Lipinski definition) is 5. The van der Waals surface area contributed by atoms with Crippen LogP contribution >= 0.6 is 0 Å². The molecule has 3 unspecified atom stereocenters. The van der Waals surface area contributed by atoms with Crippen molar-refractivity contribution in [2.45, 2.75) is 66.8 Å². The standard InChI is InChI=1S/C23H33N5/c1-22(2,3)15-7-12-19(18(13-15)23(4,5)6)28-17-10-8-16(9-11-17)26-20-24-14-25-21(28)27-20/h8-11,14-15,18-19H,7,12-13H2,1-6H3,(H,24,25,26,27). The van der Waals surface area contributed by atoms with Gasteiger partial charge >= 0.3 is 0 Å². The number of nitrogens with zero attached hydrogens (tertiary/aromatic N) is 4. The summed E-state index contributed by atoms with van der Waals surface area (Å²) in [6.07, 6.45) is 5.25. The van der Waals surface area contributed by atoms with Crippen molar-refractivity contribution in [3.63, 3.8) is 0 Å². The molecule has 5 rings (SSSR count). The highest BCUT2D eigenvalue weighted by Crippen LogP contribution is 2.49. The van der Waals surface area contributed by atoms with Crippen molar-refractivity contribution in [2.24, 2.45) is 22.7 Å². The van der Waals surface area contributed by atoms with Crippen molar-refractivity contribution in [3.05, 3.63) is 30.6 Å². The highest BCUT2D eigenvalue weighted by Gasteiger charge is 2.44. The van der Waals surface area contributed by atoms with E-state index in [0.29, 0.717) is 23.3 Å². The van der Waals surface area contributed by atoms with Crippen LogP contribution in [-0.4, -0.2) is 21.0 Å². The van der Waals surface area contributed by atoms with Gasteiger partial charge in [-0.05, 0) is 66.2 Å². The zero-order valence-electron chi connectivity index (χ0n) is 18.0. The van der Waals surface area contributed by atoms with Gasteiger partial charge < -0.3 is 10.2 Å². The molecule has 1 aromatic carbocycles. The van der Waals surface area contributed by atoms with Gasteiger partial charge in [-0.1, -0.05) is 41.5 Å². The summed E-state index contributed by atoms with van der Waals surface area (Å²) >= 11 is 0. The molecule has 0 amide bonds. The fourth-order valence-electron chi connectivity index (χ4n) is 4.93. The molecule has 1 aromatic heterocycles. The predicted molar refractivity (Wildman–Crippen MR) is 115 cm³/mol. The van der Waals surface area contributed by atoms with Gasteiger partial charge in [-0.2, -0.15) is 4.98 Å². The summed E-state index contributed by atoms with van der Waals surface area (Å²) in [7, 11) is 0. The lowest BCUT2D eigenvalue weighted by Gasteiger charge is -2.50. The van der Waals surface area contributed by atoms with Gasteiger partial charge in [-0.25, -0.2) is 9.97 Å². The maximum Gasteiger partial charge on any atom is 0.234 e. The summed E-state index contributed by atoms with van der Waals surface area (Å²) in [6.45, 7) is 14.3. The Kier molecular flexibility index (Phi) is 4.59. The smallest absolute Gasteiger partial charge is 0.234 e. The lowest BCUT2D eigenvalue weighted by molar-refractivity contribution is 0.0662. The number of anilines is 4. The van der Waals surface area contributed by atoms with E-state index in [9.17, 15) is 0 Å². The lowest BCUT2D eigenvalue weighted by Crippen LogP contribution is -2.48. The van der Waals surface area contributed by atoms with E-state index in [1.807, 2.05) is 0 Å². The predicted octanol–water partition coefficient (Wildman–Crippen LogP) is 5.94. The quantitative estimate of drug-likeness (QED) is 0.664. The molecule has 2 aliphatic heterocycles. The molecule has 4 bridgehead atoms. The Labute approximate surface area is 169 Å². The Balaban J connectivity index is 1.78. The molecule has 3 aliphatic rings. The molecule has 2 aromatic rings. The molecule has 1 saturated carbocycles. The highest BCUT2D eigenvalue weighted by molar-refractivity contribution is 5.66. The molecule has 3 heterocycles. The van der Waals surface area contributed by atoms with E-state index in [0.717, 1.165) is 29.7 Å². The van der Waals surface area contributed by atoms with Crippen LogP contribution < -0.4 is 10.2 Å². The third-order valence-corrected chi connectivity index (χ3v) is 6.66. The van der Waals surface area contributed by atoms with Crippen LogP contribution in [0.25, 0.3) is 0 Å². The number of nitrogens with one attached hydrogen (secondary N) is 1. The maximum atomic E-state index is 4.74. The van der Waals surface area contributed by atoms with Gasteiger partial charge in [0.25, 0.3) is 0 Å². The zero-order chi connectivity index (χ0) is 20.1. The topological polar surface area (TPSA) is 53.9 Å². The number of hydrogen-bond donors (Lipinski definition) is 1. The Morgan fingerprint density at radius 3 is 2.29 bits per heavy atom. The van der Waals surface area contributed by atoms with Gasteiger partial charge in [0.1, 0.15) is 6.33 Å². The molecule has 0 spiro atoms. The van der Waals surface area contributed by atoms with E-state index in [2.05, 4.69) is 86.0 Å². The molecule has 0 radical (unpaired) electrons. The van der Waals surface area contributed by atoms with Gasteiger partial charge in [0.05, 0.1) is 0 Å². The summed E-state index contributed by atoms with van der Waals surface area (Å²) < 4.78 is 0. The van der Waals surface area contributed by atoms with Crippen molar-refractivity contribution < 1.29 is 0 Å². The molecule has 1 fully saturated rings. The second-order valence-electron chi connectivity index (χ2n) is 10.6. The summed E-state index contributed by atoms with van der Waals surface area (Å²) in [4.78, 5) is 16.0. The van der Waals surface area contributed by atoms with E-state index in [1.165, 1.54) is 12.8 Å². The SMILES string of the molecule is CC(C)(C)C1CCC(N2c3ccc(cc3)Nc3ncnc2n3)C(C(C)(C)C)C1. The van der Waals surface area contributed by atoms with Gasteiger partial charge in [0.15, 0.2) is 0 Å². The van der Waals surface area contributed by atoms with Crippen LogP contribution in [-0.2, 0) is 0 Å². The Bertz CT molecular complexity index is 831. The zero-order valence-corrected chi connectivity index (χ0v) is 18.0. The molecule has 3 atom stereocenters. The van der Waals surface area contributed by atoms with E-state index < -0.39 is 0 Å². The normalized spacial score (nSPS) is 24.9. The average molecular weight is 380 g/mol. The van der Waals surface area contributed by atoms with Crippen LogP contribution in [0.5, 0.6) is 0 Å². The fraction of sp³-hybridized carbons (Fsp3) is 0.609. The number of fused-ring (bicyclic) bond motifs is 2. The van der Waals surface area contributed by atoms with Crippen LogP contribution in [0.3, 0.4) is 0 Å². The van der Waals surface area contributed by atoms with Crippen molar-refractivity contribution in [1.29, 1.82) is 0 Å². The number of aromatic nitrogens is 3. The largest absolute Gasteiger partial charge is 0.324 e. The minimum Gasteiger partial charge on any atom is -0.324 e. The van der Waals surface area contributed by atoms with Gasteiger partial charge in [-0.3, -0.25) is 0 Å². The molecule has 1 N–H and O–H groups in total. The molecular formula is C23H33N5.